The first-order valence-corrected chi connectivity index (χ1v) is 10.8. The first kappa shape index (κ1) is 16.4. The average Bonchev–Trinajstić information content (AvgIpc) is 3.41. The molecular formula is C20H20N2O2S2. The van der Waals surface area contributed by atoms with Crippen molar-refractivity contribution in [1.29, 1.82) is 0 Å². The Balaban J connectivity index is 1.46. The predicted octanol–water partition coefficient (Wildman–Crippen LogP) is 4.08. The summed E-state index contributed by atoms with van der Waals surface area (Å²) >= 11 is 3.50. The molecule has 5 rings (SSSR count). The van der Waals surface area contributed by atoms with Gasteiger partial charge in [-0.1, -0.05) is 24.3 Å². The molecule has 0 spiro atoms. The second-order valence-corrected chi connectivity index (χ2v) is 9.24. The number of nitrogens with one attached hydrogen (secondary N) is 1. The molecule has 0 saturated carbocycles. The van der Waals surface area contributed by atoms with Crippen molar-refractivity contribution in [2.75, 3.05) is 26.2 Å². The highest BCUT2D eigenvalue weighted by molar-refractivity contribution is 8.00. The van der Waals surface area contributed by atoms with Gasteiger partial charge in [0.25, 0.3) is 5.91 Å². The number of furan rings is 1. The standard InChI is InChI=1S/C20H20N2O2S2/c23-20(22-10-13-8-21-9-14(13)11-22)19-16(12-26-18-6-3-7-25-18)15-4-1-2-5-17(15)24-19/h1-7,13-14,21H,8-12H2/t13-,14+. The second kappa shape index (κ2) is 6.76. The van der Waals surface area contributed by atoms with Crippen LogP contribution in [-0.2, 0) is 5.75 Å². The highest BCUT2D eigenvalue weighted by Gasteiger charge is 2.39. The van der Waals surface area contributed by atoms with E-state index in [2.05, 4.69) is 28.9 Å². The van der Waals surface area contributed by atoms with Crippen LogP contribution in [0.1, 0.15) is 16.1 Å². The van der Waals surface area contributed by atoms with Crippen LogP contribution in [0, 0.1) is 11.8 Å². The molecule has 2 aliphatic heterocycles. The van der Waals surface area contributed by atoms with E-state index in [0.717, 1.165) is 48.5 Å². The fraction of sp³-hybridized carbons (Fsp3) is 0.350. The van der Waals surface area contributed by atoms with Crippen molar-refractivity contribution in [3.63, 3.8) is 0 Å². The quantitative estimate of drug-likeness (QED) is 0.689. The van der Waals surface area contributed by atoms with E-state index >= 15 is 0 Å². The molecule has 134 valence electrons. The van der Waals surface area contributed by atoms with Crippen molar-refractivity contribution in [2.24, 2.45) is 11.8 Å². The molecule has 4 nitrogen and oxygen atoms in total. The first-order chi connectivity index (χ1) is 12.8. The lowest BCUT2D eigenvalue weighted by atomic mass is 10.0. The third-order valence-electron chi connectivity index (χ3n) is 5.42. The number of fused-ring (bicyclic) bond motifs is 2. The Kier molecular flexibility index (Phi) is 4.27. The predicted molar refractivity (Wildman–Crippen MR) is 106 cm³/mol. The minimum absolute atomic E-state index is 0.0531. The van der Waals surface area contributed by atoms with E-state index in [9.17, 15) is 4.79 Å². The number of thioether (sulfide) groups is 1. The fourth-order valence-corrected chi connectivity index (χ4v) is 5.88. The molecule has 4 heterocycles. The number of hydrogen-bond donors (Lipinski definition) is 1. The zero-order valence-corrected chi connectivity index (χ0v) is 15.9. The third kappa shape index (κ3) is 2.86. The molecule has 2 atom stereocenters. The smallest absolute Gasteiger partial charge is 0.289 e. The molecule has 2 aliphatic rings. The molecular weight excluding hydrogens is 364 g/mol. The lowest BCUT2D eigenvalue weighted by Crippen LogP contribution is -2.32. The van der Waals surface area contributed by atoms with Gasteiger partial charge in [-0.25, -0.2) is 0 Å². The van der Waals surface area contributed by atoms with Crippen LogP contribution >= 0.6 is 23.1 Å². The van der Waals surface area contributed by atoms with Gasteiger partial charge in [0.1, 0.15) is 5.58 Å². The van der Waals surface area contributed by atoms with Crippen LogP contribution in [0.3, 0.4) is 0 Å². The number of thiophene rings is 1. The van der Waals surface area contributed by atoms with Gasteiger partial charge < -0.3 is 14.6 Å². The minimum atomic E-state index is 0.0531. The number of hydrogen-bond acceptors (Lipinski definition) is 5. The minimum Gasteiger partial charge on any atom is -0.451 e. The van der Waals surface area contributed by atoms with E-state index < -0.39 is 0 Å². The van der Waals surface area contributed by atoms with Crippen molar-refractivity contribution in [1.82, 2.24) is 10.2 Å². The maximum Gasteiger partial charge on any atom is 0.289 e. The maximum atomic E-state index is 13.2. The van der Waals surface area contributed by atoms with Crippen LogP contribution in [0.4, 0.5) is 0 Å². The molecule has 0 bridgehead atoms. The number of para-hydroxylation sites is 1. The summed E-state index contributed by atoms with van der Waals surface area (Å²) in [5.74, 6) is 2.51. The van der Waals surface area contributed by atoms with Crippen molar-refractivity contribution < 1.29 is 9.21 Å². The Morgan fingerprint density at radius 3 is 2.77 bits per heavy atom. The summed E-state index contributed by atoms with van der Waals surface area (Å²) in [6.07, 6.45) is 0. The van der Waals surface area contributed by atoms with E-state index in [1.54, 1.807) is 23.1 Å². The summed E-state index contributed by atoms with van der Waals surface area (Å²) in [6.45, 7) is 3.72. The van der Waals surface area contributed by atoms with E-state index in [1.807, 2.05) is 23.1 Å². The van der Waals surface area contributed by atoms with E-state index in [1.165, 1.54) is 4.21 Å². The molecule has 3 aromatic rings. The van der Waals surface area contributed by atoms with E-state index in [4.69, 9.17) is 4.42 Å². The van der Waals surface area contributed by atoms with E-state index in [-0.39, 0.29) is 5.91 Å². The van der Waals surface area contributed by atoms with Gasteiger partial charge >= 0.3 is 0 Å². The topological polar surface area (TPSA) is 45.5 Å². The summed E-state index contributed by atoms with van der Waals surface area (Å²) in [7, 11) is 0. The monoisotopic (exact) mass is 384 g/mol. The van der Waals surface area contributed by atoms with Crippen molar-refractivity contribution >= 4 is 40.0 Å². The van der Waals surface area contributed by atoms with E-state index in [0.29, 0.717) is 17.6 Å². The highest BCUT2D eigenvalue weighted by atomic mass is 32.2. The van der Waals surface area contributed by atoms with Crippen LogP contribution in [0.2, 0.25) is 0 Å². The Hall–Kier alpha value is -1.76. The molecule has 1 amide bonds. The lowest BCUT2D eigenvalue weighted by Gasteiger charge is -2.16. The van der Waals surface area contributed by atoms with Gasteiger partial charge in [0.05, 0.1) is 4.21 Å². The maximum absolute atomic E-state index is 13.2. The molecule has 1 aromatic carbocycles. The molecule has 26 heavy (non-hydrogen) atoms. The van der Waals surface area contributed by atoms with Gasteiger partial charge in [-0.3, -0.25) is 4.79 Å². The van der Waals surface area contributed by atoms with Crippen LogP contribution in [0.15, 0.2) is 50.4 Å². The Bertz CT molecular complexity index is 923. The summed E-state index contributed by atoms with van der Waals surface area (Å²) in [4.78, 5) is 15.2. The molecule has 2 saturated heterocycles. The largest absolute Gasteiger partial charge is 0.451 e. The Labute approximate surface area is 160 Å². The van der Waals surface area contributed by atoms with Gasteiger partial charge in [0.2, 0.25) is 0 Å². The summed E-state index contributed by atoms with van der Waals surface area (Å²) in [6, 6.07) is 12.2. The number of likely N-dealkylation sites (tertiary alicyclic amines) is 1. The number of benzene rings is 1. The van der Waals surface area contributed by atoms with Gasteiger partial charge in [0.15, 0.2) is 5.76 Å². The summed E-state index contributed by atoms with van der Waals surface area (Å²) < 4.78 is 7.31. The molecule has 1 N–H and O–H groups in total. The molecule has 0 aliphatic carbocycles. The van der Waals surface area contributed by atoms with Crippen molar-refractivity contribution in [3.05, 3.63) is 53.1 Å². The third-order valence-corrected chi connectivity index (χ3v) is 7.58. The second-order valence-electron chi connectivity index (χ2n) is 7.02. The van der Waals surface area contributed by atoms with Crippen LogP contribution in [0.25, 0.3) is 11.0 Å². The average molecular weight is 385 g/mol. The van der Waals surface area contributed by atoms with Gasteiger partial charge in [-0.15, -0.1) is 23.1 Å². The Morgan fingerprint density at radius 2 is 2.00 bits per heavy atom. The lowest BCUT2D eigenvalue weighted by molar-refractivity contribution is 0.0751. The Morgan fingerprint density at radius 1 is 1.19 bits per heavy atom. The molecule has 6 heteroatoms. The number of nitrogens with zero attached hydrogens (tertiary/aromatic N) is 1. The highest BCUT2D eigenvalue weighted by Crippen LogP contribution is 2.35. The molecule has 2 fully saturated rings. The molecule has 0 unspecified atom stereocenters. The molecule has 2 aromatic heterocycles. The van der Waals surface area contributed by atoms with Crippen LogP contribution in [-0.4, -0.2) is 37.0 Å². The normalized spacial score (nSPS) is 22.2. The fourth-order valence-electron chi connectivity index (χ4n) is 4.07. The molecule has 0 radical (unpaired) electrons. The number of carbonyl (C=O) groups is 1. The van der Waals surface area contributed by atoms with Crippen LogP contribution in [0.5, 0.6) is 0 Å². The van der Waals surface area contributed by atoms with Gasteiger partial charge in [0, 0.05) is 42.9 Å². The van der Waals surface area contributed by atoms with Crippen LogP contribution < -0.4 is 5.32 Å². The summed E-state index contributed by atoms with van der Waals surface area (Å²) in [5, 5.41) is 6.57. The SMILES string of the molecule is O=C(c1oc2ccccc2c1CSc1cccs1)N1C[C@H]2CNC[C@H]2C1. The number of carbonyl (C=O) groups excluding carboxylic acids is 1. The number of rotatable bonds is 4. The van der Waals surface area contributed by atoms with Crippen molar-refractivity contribution in [3.8, 4) is 0 Å². The van der Waals surface area contributed by atoms with Gasteiger partial charge in [-0.05, 0) is 29.3 Å². The van der Waals surface area contributed by atoms with Crippen molar-refractivity contribution in [2.45, 2.75) is 9.96 Å². The summed E-state index contributed by atoms with van der Waals surface area (Å²) in [5.41, 5.74) is 1.83. The number of amides is 1. The first-order valence-electron chi connectivity index (χ1n) is 8.96. The zero-order chi connectivity index (χ0) is 17.5. The zero-order valence-electron chi connectivity index (χ0n) is 14.3. The van der Waals surface area contributed by atoms with Gasteiger partial charge in [-0.2, -0.15) is 0 Å².